The Morgan fingerprint density at radius 1 is 1.19 bits per heavy atom. The predicted molar refractivity (Wildman–Crippen MR) is 79.9 cm³/mol. The summed E-state index contributed by atoms with van der Waals surface area (Å²) in [6.07, 6.45) is 0. The van der Waals surface area contributed by atoms with Gasteiger partial charge in [-0.05, 0) is 29.3 Å². The minimum absolute atomic E-state index is 0.106. The van der Waals surface area contributed by atoms with E-state index in [1.54, 1.807) is 31.4 Å². The van der Waals surface area contributed by atoms with E-state index in [-0.39, 0.29) is 17.3 Å². The second-order valence-corrected chi connectivity index (χ2v) is 4.64. The Hall–Kier alpha value is -2.11. The maximum absolute atomic E-state index is 11.1. The second kappa shape index (κ2) is 7.06. The highest BCUT2D eigenvalue weighted by Crippen LogP contribution is 2.32. The van der Waals surface area contributed by atoms with Gasteiger partial charge in [-0.3, -0.25) is 10.1 Å². The molecule has 0 aliphatic heterocycles. The fraction of sp³-hybridized carbons (Fsp3) is 0.200. The van der Waals surface area contributed by atoms with E-state index in [1.165, 1.54) is 6.07 Å². The van der Waals surface area contributed by atoms with Gasteiger partial charge in [0.2, 0.25) is 5.75 Å². The van der Waals surface area contributed by atoms with E-state index in [2.05, 4.69) is 0 Å². The standard InChI is InChI=1S/C15H14ClNO4/c1-20-10-12-3-2-4-13(7-12)21-15-6-5-11(9-16)8-14(15)17(18)19/h2-8H,9-10H2,1H3. The van der Waals surface area contributed by atoms with E-state index < -0.39 is 4.92 Å². The quantitative estimate of drug-likeness (QED) is 0.454. The smallest absolute Gasteiger partial charge is 0.311 e. The van der Waals surface area contributed by atoms with Gasteiger partial charge < -0.3 is 9.47 Å². The third-order valence-corrected chi connectivity index (χ3v) is 3.12. The predicted octanol–water partition coefficient (Wildman–Crippen LogP) is 4.27. The van der Waals surface area contributed by atoms with E-state index in [4.69, 9.17) is 21.1 Å². The monoisotopic (exact) mass is 307 g/mol. The molecule has 2 aromatic carbocycles. The summed E-state index contributed by atoms with van der Waals surface area (Å²) in [5, 5.41) is 11.1. The Morgan fingerprint density at radius 3 is 2.67 bits per heavy atom. The van der Waals surface area contributed by atoms with Crippen molar-refractivity contribution in [2.24, 2.45) is 0 Å². The number of hydrogen-bond donors (Lipinski definition) is 0. The molecular weight excluding hydrogens is 294 g/mol. The van der Waals surface area contributed by atoms with Crippen LogP contribution in [0.4, 0.5) is 5.69 Å². The van der Waals surface area contributed by atoms with Gasteiger partial charge in [0.1, 0.15) is 5.75 Å². The average molecular weight is 308 g/mol. The molecule has 0 N–H and O–H groups in total. The van der Waals surface area contributed by atoms with Crippen molar-refractivity contribution in [3.8, 4) is 11.5 Å². The van der Waals surface area contributed by atoms with Crippen molar-refractivity contribution >= 4 is 17.3 Å². The number of nitrogens with zero attached hydrogens (tertiary/aromatic N) is 1. The van der Waals surface area contributed by atoms with Crippen molar-refractivity contribution in [1.82, 2.24) is 0 Å². The molecule has 6 heteroatoms. The summed E-state index contributed by atoms with van der Waals surface area (Å²) < 4.78 is 10.7. The molecule has 0 fully saturated rings. The van der Waals surface area contributed by atoms with Gasteiger partial charge in [-0.15, -0.1) is 11.6 Å². The Kier molecular flexibility index (Phi) is 5.14. The van der Waals surface area contributed by atoms with Gasteiger partial charge in [-0.1, -0.05) is 18.2 Å². The third kappa shape index (κ3) is 3.93. The first-order valence-electron chi connectivity index (χ1n) is 6.23. The lowest BCUT2D eigenvalue weighted by atomic mass is 10.2. The molecule has 5 nitrogen and oxygen atoms in total. The van der Waals surface area contributed by atoms with Crippen LogP contribution in [0.25, 0.3) is 0 Å². The van der Waals surface area contributed by atoms with Gasteiger partial charge >= 0.3 is 5.69 Å². The summed E-state index contributed by atoms with van der Waals surface area (Å²) in [6.45, 7) is 0.449. The van der Waals surface area contributed by atoms with Crippen molar-refractivity contribution in [1.29, 1.82) is 0 Å². The molecule has 0 spiro atoms. The van der Waals surface area contributed by atoms with E-state index in [1.807, 2.05) is 12.1 Å². The van der Waals surface area contributed by atoms with Crippen LogP contribution in [0.1, 0.15) is 11.1 Å². The number of methoxy groups -OCH3 is 1. The zero-order chi connectivity index (χ0) is 15.2. The van der Waals surface area contributed by atoms with Gasteiger partial charge in [0.05, 0.1) is 11.5 Å². The van der Waals surface area contributed by atoms with E-state index >= 15 is 0 Å². The maximum atomic E-state index is 11.1. The summed E-state index contributed by atoms with van der Waals surface area (Å²) in [5.41, 5.74) is 1.49. The summed E-state index contributed by atoms with van der Waals surface area (Å²) >= 11 is 5.69. The first kappa shape index (κ1) is 15.3. The second-order valence-electron chi connectivity index (χ2n) is 4.38. The molecule has 0 saturated heterocycles. The van der Waals surface area contributed by atoms with Crippen LogP contribution >= 0.6 is 11.6 Å². The summed E-state index contributed by atoms with van der Waals surface area (Å²) in [6, 6.07) is 11.9. The normalized spacial score (nSPS) is 10.4. The van der Waals surface area contributed by atoms with E-state index in [0.29, 0.717) is 17.9 Å². The zero-order valence-electron chi connectivity index (χ0n) is 11.4. The molecule has 2 aromatic rings. The molecule has 21 heavy (non-hydrogen) atoms. The van der Waals surface area contributed by atoms with Crippen molar-refractivity contribution in [3.05, 3.63) is 63.7 Å². The van der Waals surface area contributed by atoms with Crippen LogP contribution in [0.5, 0.6) is 11.5 Å². The van der Waals surface area contributed by atoms with Crippen molar-refractivity contribution in [2.45, 2.75) is 12.5 Å². The van der Waals surface area contributed by atoms with Crippen LogP contribution in [-0.4, -0.2) is 12.0 Å². The van der Waals surface area contributed by atoms with Crippen molar-refractivity contribution in [3.63, 3.8) is 0 Å². The fourth-order valence-electron chi connectivity index (χ4n) is 1.87. The Morgan fingerprint density at radius 2 is 2.00 bits per heavy atom. The first-order chi connectivity index (χ1) is 10.1. The zero-order valence-corrected chi connectivity index (χ0v) is 12.2. The van der Waals surface area contributed by atoms with Gasteiger partial charge in [0.15, 0.2) is 0 Å². The van der Waals surface area contributed by atoms with Crippen LogP contribution < -0.4 is 4.74 Å². The minimum atomic E-state index is -0.482. The highest BCUT2D eigenvalue weighted by Gasteiger charge is 2.16. The average Bonchev–Trinajstić information content (AvgIpc) is 2.48. The van der Waals surface area contributed by atoms with Crippen molar-refractivity contribution < 1.29 is 14.4 Å². The summed E-state index contributed by atoms with van der Waals surface area (Å²) in [7, 11) is 1.60. The molecule has 0 radical (unpaired) electrons. The number of nitro benzene ring substituents is 1. The maximum Gasteiger partial charge on any atom is 0.311 e. The lowest BCUT2D eigenvalue weighted by molar-refractivity contribution is -0.385. The molecule has 0 atom stereocenters. The molecule has 0 aliphatic carbocycles. The lowest BCUT2D eigenvalue weighted by Crippen LogP contribution is -1.95. The first-order valence-corrected chi connectivity index (χ1v) is 6.76. The molecule has 0 aromatic heterocycles. The molecule has 0 heterocycles. The number of rotatable bonds is 6. The molecule has 0 amide bonds. The molecular formula is C15H14ClNO4. The molecule has 2 rings (SSSR count). The number of ether oxygens (including phenoxy) is 2. The van der Waals surface area contributed by atoms with Crippen molar-refractivity contribution in [2.75, 3.05) is 7.11 Å². The molecule has 0 unspecified atom stereocenters. The van der Waals surface area contributed by atoms with Crippen LogP contribution in [-0.2, 0) is 17.2 Å². The molecule has 0 aliphatic rings. The van der Waals surface area contributed by atoms with Crippen LogP contribution in [0.15, 0.2) is 42.5 Å². The highest BCUT2D eigenvalue weighted by molar-refractivity contribution is 6.17. The van der Waals surface area contributed by atoms with Crippen LogP contribution in [0, 0.1) is 10.1 Å². The van der Waals surface area contributed by atoms with E-state index in [9.17, 15) is 10.1 Å². The number of nitro groups is 1. The highest BCUT2D eigenvalue weighted by atomic mass is 35.5. The topological polar surface area (TPSA) is 61.6 Å². The van der Waals surface area contributed by atoms with Crippen LogP contribution in [0.2, 0.25) is 0 Å². The Bertz CT molecular complexity index is 645. The number of alkyl halides is 1. The van der Waals surface area contributed by atoms with Gasteiger partial charge in [0, 0.05) is 19.1 Å². The number of halogens is 1. The van der Waals surface area contributed by atoms with Gasteiger partial charge in [-0.25, -0.2) is 0 Å². The minimum Gasteiger partial charge on any atom is -0.450 e. The molecule has 110 valence electrons. The fourth-order valence-corrected chi connectivity index (χ4v) is 2.03. The lowest BCUT2D eigenvalue weighted by Gasteiger charge is -2.08. The number of hydrogen-bond acceptors (Lipinski definition) is 4. The summed E-state index contributed by atoms with van der Waals surface area (Å²) in [5.74, 6) is 0.916. The SMILES string of the molecule is COCc1cccc(Oc2ccc(CCl)cc2[N+](=O)[O-])c1. The van der Waals surface area contributed by atoms with Gasteiger partial charge in [-0.2, -0.15) is 0 Å². The van der Waals surface area contributed by atoms with Crippen LogP contribution in [0.3, 0.4) is 0 Å². The third-order valence-electron chi connectivity index (χ3n) is 2.81. The largest absolute Gasteiger partial charge is 0.450 e. The number of benzene rings is 2. The Balaban J connectivity index is 2.30. The Labute approximate surface area is 127 Å². The molecule has 0 bridgehead atoms. The molecule has 0 saturated carbocycles. The summed E-state index contributed by atoms with van der Waals surface area (Å²) in [4.78, 5) is 10.6. The van der Waals surface area contributed by atoms with E-state index in [0.717, 1.165) is 5.56 Å². The van der Waals surface area contributed by atoms with Gasteiger partial charge in [0.25, 0.3) is 0 Å².